The van der Waals surface area contributed by atoms with Crippen LogP contribution in [0.5, 0.6) is 0 Å². The lowest BCUT2D eigenvalue weighted by Gasteiger charge is -2.28. The van der Waals surface area contributed by atoms with Crippen LogP contribution in [0.2, 0.25) is 0 Å². The molecule has 0 fully saturated rings. The molecule has 0 saturated carbocycles. The Hall–Kier alpha value is -0.900. The fraction of sp³-hybridized carbons (Fsp3) is 0.571. The lowest BCUT2D eigenvalue weighted by atomic mass is 9.83. The lowest BCUT2D eigenvalue weighted by Crippen LogP contribution is -2.43. The first kappa shape index (κ1) is 14.2. The maximum absolute atomic E-state index is 9.02. The molecule has 3 nitrogen and oxygen atoms in total. The molecule has 0 heterocycles. The van der Waals surface area contributed by atoms with Crippen LogP contribution in [0.1, 0.15) is 25.0 Å². The molecule has 0 spiro atoms. The van der Waals surface area contributed by atoms with Crippen LogP contribution in [0.3, 0.4) is 0 Å². The van der Waals surface area contributed by atoms with Crippen LogP contribution < -0.4 is 5.32 Å². The van der Waals surface area contributed by atoms with Crippen molar-refractivity contribution in [2.45, 2.75) is 32.2 Å². The summed E-state index contributed by atoms with van der Waals surface area (Å²) in [7, 11) is 0. The molecule has 96 valence electrons. The Morgan fingerprint density at radius 2 is 1.88 bits per heavy atom. The van der Waals surface area contributed by atoms with Gasteiger partial charge in [-0.2, -0.15) is 0 Å². The van der Waals surface area contributed by atoms with Crippen LogP contribution in [0.4, 0.5) is 0 Å². The summed E-state index contributed by atoms with van der Waals surface area (Å²) in [5, 5.41) is 21.2. The molecule has 0 aliphatic rings. The number of hydrogen-bond acceptors (Lipinski definition) is 3. The lowest BCUT2D eigenvalue weighted by molar-refractivity contribution is 0.166. The average Bonchev–Trinajstić information content (AvgIpc) is 2.30. The van der Waals surface area contributed by atoms with Crippen molar-refractivity contribution in [3.8, 4) is 0 Å². The number of aryl methyl sites for hydroxylation is 1. The van der Waals surface area contributed by atoms with Crippen molar-refractivity contribution in [2.75, 3.05) is 19.8 Å². The summed E-state index contributed by atoms with van der Waals surface area (Å²) in [6, 6.07) is 8.19. The zero-order chi connectivity index (χ0) is 12.9. The number of hydrogen-bond donors (Lipinski definition) is 3. The Morgan fingerprint density at radius 3 is 2.41 bits per heavy atom. The Bertz CT molecular complexity index is 346. The third-order valence-corrected chi connectivity index (χ3v) is 3.07. The monoisotopic (exact) mass is 237 g/mol. The summed E-state index contributed by atoms with van der Waals surface area (Å²) in [5.74, 6) is 0. The van der Waals surface area contributed by atoms with Gasteiger partial charge >= 0.3 is 0 Å². The van der Waals surface area contributed by atoms with E-state index in [1.165, 1.54) is 11.1 Å². The van der Waals surface area contributed by atoms with E-state index in [-0.39, 0.29) is 24.7 Å². The Balaban J connectivity index is 2.68. The average molecular weight is 237 g/mol. The van der Waals surface area contributed by atoms with Crippen molar-refractivity contribution in [1.29, 1.82) is 0 Å². The Morgan fingerprint density at radius 1 is 1.24 bits per heavy atom. The number of aliphatic hydroxyl groups excluding tert-OH is 2. The summed E-state index contributed by atoms with van der Waals surface area (Å²) in [6.07, 6.45) is 0. The molecule has 1 aromatic rings. The molecule has 3 heteroatoms. The molecule has 3 N–H and O–H groups in total. The minimum atomic E-state index is -0.237. The molecule has 0 aliphatic carbocycles. The highest BCUT2D eigenvalue weighted by Gasteiger charge is 2.21. The molecule has 1 rings (SSSR count). The van der Waals surface area contributed by atoms with E-state index in [0.717, 1.165) is 6.54 Å². The highest BCUT2D eigenvalue weighted by molar-refractivity contribution is 5.28. The summed E-state index contributed by atoms with van der Waals surface area (Å²) in [4.78, 5) is 0. The minimum absolute atomic E-state index is 0.0192. The smallest absolute Gasteiger partial charge is 0.0607 e. The van der Waals surface area contributed by atoms with Gasteiger partial charge in [0.25, 0.3) is 0 Å². The fourth-order valence-corrected chi connectivity index (χ4v) is 1.75. The van der Waals surface area contributed by atoms with Crippen LogP contribution in [0, 0.1) is 6.92 Å². The van der Waals surface area contributed by atoms with Gasteiger partial charge in [-0.3, -0.25) is 0 Å². The molecule has 0 radical (unpaired) electrons. The number of nitrogens with one attached hydrogen (secondary N) is 1. The van der Waals surface area contributed by atoms with Gasteiger partial charge in [0.2, 0.25) is 0 Å². The molecular weight excluding hydrogens is 214 g/mol. The van der Waals surface area contributed by atoms with Crippen LogP contribution in [-0.2, 0) is 5.41 Å². The SMILES string of the molecule is Cc1cccc(C(C)(C)CNC(CO)CO)c1. The summed E-state index contributed by atoms with van der Waals surface area (Å²) in [6.45, 7) is 7.03. The maximum Gasteiger partial charge on any atom is 0.0607 e. The molecule has 0 aliphatic heterocycles. The van der Waals surface area contributed by atoms with Crippen molar-refractivity contribution in [1.82, 2.24) is 5.32 Å². The molecule has 17 heavy (non-hydrogen) atoms. The largest absolute Gasteiger partial charge is 0.395 e. The first-order valence-electron chi connectivity index (χ1n) is 6.02. The first-order valence-corrected chi connectivity index (χ1v) is 6.02. The van der Waals surface area contributed by atoms with E-state index in [4.69, 9.17) is 10.2 Å². The van der Waals surface area contributed by atoms with Crippen molar-refractivity contribution >= 4 is 0 Å². The van der Waals surface area contributed by atoms with Gasteiger partial charge in [-0.05, 0) is 12.5 Å². The van der Waals surface area contributed by atoms with Crippen molar-refractivity contribution in [3.63, 3.8) is 0 Å². The van der Waals surface area contributed by atoms with Gasteiger partial charge in [0, 0.05) is 12.0 Å². The van der Waals surface area contributed by atoms with E-state index in [1.807, 2.05) is 0 Å². The van der Waals surface area contributed by atoms with Gasteiger partial charge in [-0.25, -0.2) is 0 Å². The van der Waals surface area contributed by atoms with Gasteiger partial charge < -0.3 is 15.5 Å². The summed E-state index contributed by atoms with van der Waals surface area (Å²) < 4.78 is 0. The molecule has 0 unspecified atom stereocenters. The highest BCUT2D eigenvalue weighted by atomic mass is 16.3. The highest BCUT2D eigenvalue weighted by Crippen LogP contribution is 2.23. The molecule has 1 aromatic carbocycles. The van der Waals surface area contributed by atoms with E-state index in [9.17, 15) is 0 Å². The van der Waals surface area contributed by atoms with Crippen molar-refractivity contribution in [2.24, 2.45) is 0 Å². The second-order valence-corrected chi connectivity index (χ2v) is 5.20. The number of aliphatic hydroxyl groups is 2. The second kappa shape index (κ2) is 6.15. The molecule has 0 aromatic heterocycles. The Kier molecular flexibility index (Phi) is 5.12. The van der Waals surface area contributed by atoms with Gasteiger partial charge in [0.1, 0.15) is 0 Å². The van der Waals surface area contributed by atoms with Crippen LogP contribution >= 0.6 is 0 Å². The van der Waals surface area contributed by atoms with Crippen LogP contribution in [0.25, 0.3) is 0 Å². The fourth-order valence-electron chi connectivity index (χ4n) is 1.75. The third kappa shape index (κ3) is 4.11. The molecule has 0 amide bonds. The number of benzene rings is 1. The molecule has 0 atom stereocenters. The minimum Gasteiger partial charge on any atom is -0.395 e. The molecule has 0 saturated heterocycles. The van der Waals surface area contributed by atoms with E-state index < -0.39 is 0 Å². The van der Waals surface area contributed by atoms with Gasteiger partial charge in [-0.1, -0.05) is 43.7 Å². The third-order valence-electron chi connectivity index (χ3n) is 3.07. The quantitative estimate of drug-likeness (QED) is 0.697. The predicted molar refractivity (Wildman–Crippen MR) is 70.2 cm³/mol. The molecule has 0 bridgehead atoms. The van der Waals surface area contributed by atoms with E-state index in [0.29, 0.717) is 0 Å². The first-order chi connectivity index (χ1) is 7.99. The summed E-state index contributed by atoms with van der Waals surface area (Å²) in [5.41, 5.74) is 2.49. The number of rotatable bonds is 6. The zero-order valence-corrected chi connectivity index (χ0v) is 10.9. The van der Waals surface area contributed by atoms with E-state index in [1.54, 1.807) is 0 Å². The van der Waals surface area contributed by atoms with Crippen molar-refractivity contribution in [3.05, 3.63) is 35.4 Å². The topological polar surface area (TPSA) is 52.5 Å². The van der Waals surface area contributed by atoms with Crippen LogP contribution in [0.15, 0.2) is 24.3 Å². The van der Waals surface area contributed by atoms with Gasteiger partial charge in [0.15, 0.2) is 0 Å². The van der Waals surface area contributed by atoms with Gasteiger partial charge in [0.05, 0.1) is 19.3 Å². The maximum atomic E-state index is 9.02. The van der Waals surface area contributed by atoms with E-state index >= 15 is 0 Å². The predicted octanol–water partition coefficient (Wildman–Crippen LogP) is 1.22. The van der Waals surface area contributed by atoms with Crippen LogP contribution in [-0.4, -0.2) is 36.0 Å². The normalized spacial score (nSPS) is 12.1. The van der Waals surface area contributed by atoms with E-state index in [2.05, 4.69) is 50.4 Å². The van der Waals surface area contributed by atoms with Crippen molar-refractivity contribution < 1.29 is 10.2 Å². The second-order valence-electron chi connectivity index (χ2n) is 5.20. The van der Waals surface area contributed by atoms with Gasteiger partial charge in [-0.15, -0.1) is 0 Å². The molecular formula is C14H23NO2. The zero-order valence-electron chi connectivity index (χ0n) is 10.9. The summed E-state index contributed by atoms with van der Waals surface area (Å²) >= 11 is 0. The Labute approximate surface area is 103 Å². The standard InChI is InChI=1S/C14H23NO2/c1-11-5-4-6-12(7-11)14(2,3)10-15-13(8-16)9-17/h4-7,13,15-17H,8-10H2,1-3H3.